The first-order valence-electron chi connectivity index (χ1n) is 21.0. The van der Waals surface area contributed by atoms with Crippen molar-refractivity contribution in [2.24, 2.45) is 29.2 Å². The summed E-state index contributed by atoms with van der Waals surface area (Å²) in [6, 6.07) is 11.3. The molecule has 1 aromatic heterocycles. The van der Waals surface area contributed by atoms with Crippen LogP contribution in [0.2, 0.25) is 5.02 Å². The Morgan fingerprint density at radius 3 is 2.67 bits per heavy atom. The van der Waals surface area contributed by atoms with Crippen molar-refractivity contribution in [3.63, 3.8) is 0 Å². The number of aliphatic hydroxyl groups is 1. The van der Waals surface area contributed by atoms with Gasteiger partial charge in [-0.15, -0.1) is 9.46 Å². The number of halogens is 1. The molecule has 60 heavy (non-hydrogen) atoms. The minimum atomic E-state index is -3.74. The lowest BCUT2D eigenvalue weighted by Crippen LogP contribution is -2.55. The Balaban J connectivity index is 1.21. The number of allylic oxidation sites excluding steroid dienone is 1. The molecule has 2 aromatic carbocycles. The van der Waals surface area contributed by atoms with Crippen LogP contribution in [0.4, 0.5) is 5.69 Å². The third-order valence-corrected chi connectivity index (χ3v) is 15.5. The second-order valence-electron chi connectivity index (χ2n) is 17.7. The summed E-state index contributed by atoms with van der Waals surface area (Å²) in [5.74, 6) is -1.60. The molecule has 2 bridgehead atoms. The van der Waals surface area contributed by atoms with Gasteiger partial charge in [0, 0.05) is 68.5 Å². The number of fused-ring (bicyclic) bond motifs is 4. The van der Waals surface area contributed by atoms with Crippen LogP contribution in [0.15, 0.2) is 59.1 Å². The van der Waals surface area contributed by atoms with E-state index < -0.39 is 27.3 Å². The van der Waals surface area contributed by atoms with Crippen LogP contribution in [-0.4, -0.2) is 118 Å². The first kappa shape index (κ1) is 42.3. The SMILES string of the molecule is COc1nn(C)cc1C(=O)N[S@@]1(=O)=NC(=O)c2ccc3c(c2)N(C[C@@H]2CC[C@H]2[C@@](O)(CC(=O)N2CCN(C)CC2)/C=C/C[C@H](C)C1)C[C@@]1(CCCc2cc(Cl)ccc21)CO3. The standard InChI is InChI=1S/C44H56ClN7O7S/c1-29-7-5-16-44(56,23-39(53)51-19-17-49(2)18-20-51)36-12-9-32(36)24-52-27-43(15-6-8-30-21-33(45)11-13-35(30)43)28-59-38-14-10-31(22-37(38)52)40(54)47-60(57,26-29)48-41(55)34-25-50(3)46-42(34)58-4/h5,10-11,13-14,16,21-22,25,29,32,36,56H,6-9,12,15,17-20,23-24,26-28H2,1-4H3,(H,47,48,54,55,57)/b16-5+/t29-,32-,36+,43-,44-,60-/m0/s1. The number of piperazine rings is 1. The summed E-state index contributed by atoms with van der Waals surface area (Å²) in [6.45, 7) is 6.16. The van der Waals surface area contributed by atoms with Gasteiger partial charge in [0.25, 0.3) is 11.8 Å². The van der Waals surface area contributed by atoms with E-state index in [2.05, 4.69) is 36.1 Å². The van der Waals surface area contributed by atoms with E-state index in [9.17, 15) is 23.7 Å². The fraction of sp³-hybridized carbons (Fsp3) is 0.545. The summed E-state index contributed by atoms with van der Waals surface area (Å²) < 4.78 is 35.1. The molecule has 2 aliphatic carbocycles. The maximum absolute atomic E-state index is 14.8. The molecule has 2 N–H and O–H groups in total. The van der Waals surface area contributed by atoms with Crippen molar-refractivity contribution in [3.8, 4) is 11.6 Å². The van der Waals surface area contributed by atoms with Crippen molar-refractivity contribution in [2.45, 2.75) is 62.9 Å². The van der Waals surface area contributed by atoms with Crippen LogP contribution >= 0.6 is 11.6 Å². The van der Waals surface area contributed by atoms with Crippen molar-refractivity contribution in [2.75, 3.05) is 70.7 Å². The van der Waals surface area contributed by atoms with E-state index in [0.29, 0.717) is 55.7 Å². The van der Waals surface area contributed by atoms with Crippen molar-refractivity contribution >= 4 is 44.9 Å². The number of carbonyl (C=O) groups is 3. The summed E-state index contributed by atoms with van der Waals surface area (Å²) in [5.41, 5.74) is 1.52. The molecule has 0 unspecified atom stereocenters. The number of likely N-dealkylation sites (N-methyl/N-ethyl adjacent to an activating group) is 1. The Morgan fingerprint density at radius 2 is 1.92 bits per heavy atom. The molecule has 8 rings (SSSR count). The molecule has 0 radical (unpaired) electrons. The minimum Gasteiger partial charge on any atom is -0.490 e. The van der Waals surface area contributed by atoms with Crippen LogP contribution in [-0.2, 0) is 33.6 Å². The second-order valence-corrected chi connectivity index (χ2v) is 20.1. The number of methoxy groups -OCH3 is 1. The summed E-state index contributed by atoms with van der Waals surface area (Å²) in [7, 11) is 1.33. The third-order valence-electron chi connectivity index (χ3n) is 13.3. The summed E-state index contributed by atoms with van der Waals surface area (Å²) >= 11 is 6.50. The average molecular weight is 862 g/mol. The van der Waals surface area contributed by atoms with Crippen LogP contribution in [0, 0.1) is 17.8 Å². The molecular formula is C44H56ClN7O7S. The highest BCUT2D eigenvalue weighted by Gasteiger charge is 2.49. The van der Waals surface area contributed by atoms with E-state index in [1.165, 1.54) is 29.1 Å². The van der Waals surface area contributed by atoms with Crippen molar-refractivity contribution in [1.82, 2.24) is 24.3 Å². The molecule has 5 aliphatic rings. The fourth-order valence-electron chi connectivity index (χ4n) is 9.92. The highest BCUT2D eigenvalue weighted by atomic mass is 35.5. The van der Waals surface area contributed by atoms with Gasteiger partial charge < -0.3 is 29.3 Å². The predicted molar refractivity (Wildman–Crippen MR) is 230 cm³/mol. The van der Waals surface area contributed by atoms with Gasteiger partial charge in [0.1, 0.15) is 21.2 Å². The van der Waals surface area contributed by atoms with Gasteiger partial charge in [0.15, 0.2) is 0 Å². The molecule has 1 spiro atoms. The number of rotatable bonds is 5. The zero-order chi connectivity index (χ0) is 42.4. The molecule has 3 amide bonds. The predicted octanol–water partition coefficient (Wildman–Crippen LogP) is 5.03. The van der Waals surface area contributed by atoms with Gasteiger partial charge in [0.05, 0.1) is 37.2 Å². The van der Waals surface area contributed by atoms with E-state index in [0.717, 1.165) is 45.2 Å². The largest absolute Gasteiger partial charge is 0.490 e. The molecule has 2 fully saturated rings. The molecule has 6 atom stereocenters. The van der Waals surface area contributed by atoms with Crippen molar-refractivity contribution < 1.29 is 33.2 Å². The van der Waals surface area contributed by atoms with E-state index in [1.807, 2.05) is 31.0 Å². The number of aryl methyl sites for hydroxylation is 2. The van der Waals surface area contributed by atoms with Gasteiger partial charge in [-0.2, -0.15) is 0 Å². The van der Waals surface area contributed by atoms with Gasteiger partial charge in [-0.25, -0.2) is 4.21 Å². The quantitative estimate of drug-likeness (QED) is 0.334. The number of ether oxygens (including phenoxy) is 2. The zero-order valence-corrected chi connectivity index (χ0v) is 36.5. The fourth-order valence-corrected chi connectivity index (χ4v) is 12.0. The number of nitrogens with zero attached hydrogens (tertiary/aromatic N) is 6. The molecule has 4 heterocycles. The number of hydrogen-bond acceptors (Lipinski definition) is 10. The third kappa shape index (κ3) is 8.55. The van der Waals surface area contributed by atoms with Gasteiger partial charge in [-0.1, -0.05) is 36.7 Å². The lowest BCUT2D eigenvalue weighted by molar-refractivity contribution is -0.141. The van der Waals surface area contributed by atoms with Crippen LogP contribution in [0.5, 0.6) is 11.6 Å². The van der Waals surface area contributed by atoms with Crippen LogP contribution < -0.4 is 19.1 Å². The molecule has 1 saturated heterocycles. The Morgan fingerprint density at radius 1 is 1.12 bits per heavy atom. The van der Waals surface area contributed by atoms with Crippen LogP contribution in [0.25, 0.3) is 0 Å². The van der Waals surface area contributed by atoms with Gasteiger partial charge in [-0.05, 0) is 105 Å². The Bertz CT molecular complexity index is 2320. The number of hydrogen-bond donors (Lipinski definition) is 2. The summed E-state index contributed by atoms with van der Waals surface area (Å²) in [6.07, 6.45) is 9.76. The molecule has 3 aromatic rings. The highest BCUT2D eigenvalue weighted by molar-refractivity contribution is 7.92. The van der Waals surface area contributed by atoms with E-state index in [-0.39, 0.29) is 58.3 Å². The van der Waals surface area contributed by atoms with Crippen molar-refractivity contribution in [3.05, 3.63) is 82.0 Å². The zero-order valence-electron chi connectivity index (χ0n) is 34.9. The molecule has 322 valence electrons. The number of carbonyl (C=O) groups excluding carboxylic acids is 3. The highest BCUT2D eigenvalue weighted by Crippen LogP contribution is 2.49. The lowest BCUT2D eigenvalue weighted by atomic mass is 9.63. The summed E-state index contributed by atoms with van der Waals surface area (Å²) in [5, 5.41) is 17.6. The van der Waals surface area contributed by atoms with Crippen LogP contribution in [0.3, 0.4) is 0 Å². The topological polar surface area (TPSA) is 159 Å². The van der Waals surface area contributed by atoms with Crippen LogP contribution in [0.1, 0.15) is 77.3 Å². The molecule has 14 nitrogen and oxygen atoms in total. The van der Waals surface area contributed by atoms with Crippen molar-refractivity contribution in [1.29, 1.82) is 0 Å². The number of benzene rings is 2. The Hall–Kier alpha value is -4.44. The maximum Gasteiger partial charge on any atom is 0.286 e. The van der Waals surface area contributed by atoms with E-state index in [1.54, 1.807) is 31.3 Å². The second kappa shape index (κ2) is 16.8. The number of aromatic nitrogens is 2. The Kier molecular flexibility index (Phi) is 11.8. The average Bonchev–Trinajstić information content (AvgIpc) is 3.51. The van der Waals surface area contributed by atoms with E-state index >= 15 is 0 Å². The Labute approximate surface area is 357 Å². The van der Waals surface area contributed by atoms with Gasteiger partial charge >= 0.3 is 0 Å². The van der Waals surface area contributed by atoms with Gasteiger partial charge in [0.2, 0.25) is 11.8 Å². The molecule has 16 heteroatoms. The first-order chi connectivity index (χ1) is 28.7. The first-order valence-corrected chi connectivity index (χ1v) is 23.1. The maximum atomic E-state index is 14.8. The monoisotopic (exact) mass is 861 g/mol. The molecule has 1 saturated carbocycles. The number of nitrogens with one attached hydrogen (secondary N) is 1. The van der Waals surface area contributed by atoms with Gasteiger partial charge in [-0.3, -0.25) is 23.8 Å². The number of amides is 3. The van der Waals surface area contributed by atoms with E-state index in [4.69, 9.17) is 21.1 Å². The molecule has 3 aliphatic heterocycles. The number of anilines is 1. The normalized spacial score (nSPS) is 30.2. The lowest BCUT2D eigenvalue weighted by Gasteiger charge is -2.49. The molecular weight excluding hydrogens is 806 g/mol. The summed E-state index contributed by atoms with van der Waals surface area (Å²) in [4.78, 5) is 48.2. The minimum absolute atomic E-state index is 0.0315. The smallest absolute Gasteiger partial charge is 0.286 e.